The van der Waals surface area contributed by atoms with E-state index < -0.39 is 0 Å². The minimum Gasteiger partial charge on any atom is -0.353 e. The molecule has 1 unspecified atom stereocenters. The molecule has 3 nitrogen and oxygen atoms in total. The van der Waals surface area contributed by atoms with Crippen molar-refractivity contribution >= 4 is 5.95 Å². The van der Waals surface area contributed by atoms with Crippen LogP contribution < -0.4 is 5.32 Å². The molecule has 108 valence electrons. The van der Waals surface area contributed by atoms with Gasteiger partial charge in [-0.15, -0.1) is 0 Å². The summed E-state index contributed by atoms with van der Waals surface area (Å²) in [5, 5.41) is 3.68. The van der Waals surface area contributed by atoms with E-state index in [1.807, 2.05) is 0 Å². The van der Waals surface area contributed by atoms with Gasteiger partial charge in [-0.2, -0.15) is 0 Å². The van der Waals surface area contributed by atoms with Crippen molar-refractivity contribution in [3.63, 3.8) is 0 Å². The third-order valence-corrected chi connectivity index (χ3v) is 4.08. The van der Waals surface area contributed by atoms with E-state index in [0.717, 1.165) is 17.6 Å². The van der Waals surface area contributed by atoms with E-state index in [1.165, 1.54) is 38.5 Å². The van der Waals surface area contributed by atoms with Gasteiger partial charge in [-0.05, 0) is 39.0 Å². The maximum Gasteiger partial charge on any atom is 0.203 e. The number of nitrogens with one attached hydrogen (secondary N) is 1. The zero-order valence-corrected chi connectivity index (χ0v) is 12.9. The SMILES string of the molecule is Cc1cn(C(C)CC(C)C)c(NC2CCCCC2)n1. The van der Waals surface area contributed by atoms with Gasteiger partial charge in [-0.1, -0.05) is 33.1 Å². The van der Waals surface area contributed by atoms with Gasteiger partial charge in [0.2, 0.25) is 5.95 Å². The minimum atomic E-state index is 0.521. The number of imidazole rings is 1. The number of hydrogen-bond donors (Lipinski definition) is 1. The lowest BCUT2D eigenvalue weighted by molar-refractivity contribution is 0.422. The summed E-state index contributed by atoms with van der Waals surface area (Å²) in [5.74, 6) is 1.80. The summed E-state index contributed by atoms with van der Waals surface area (Å²) in [6.45, 7) is 8.96. The summed E-state index contributed by atoms with van der Waals surface area (Å²) in [7, 11) is 0. The van der Waals surface area contributed by atoms with Crippen LogP contribution in [0, 0.1) is 12.8 Å². The number of rotatable bonds is 5. The van der Waals surface area contributed by atoms with Gasteiger partial charge < -0.3 is 9.88 Å². The lowest BCUT2D eigenvalue weighted by Gasteiger charge is -2.25. The van der Waals surface area contributed by atoms with E-state index >= 15 is 0 Å². The fraction of sp³-hybridized carbons (Fsp3) is 0.812. The van der Waals surface area contributed by atoms with E-state index in [1.54, 1.807) is 0 Å². The Labute approximate surface area is 117 Å². The molecule has 0 saturated heterocycles. The van der Waals surface area contributed by atoms with Crippen molar-refractivity contribution in [1.29, 1.82) is 0 Å². The number of anilines is 1. The van der Waals surface area contributed by atoms with Crippen LogP contribution in [0.2, 0.25) is 0 Å². The number of nitrogens with zero attached hydrogens (tertiary/aromatic N) is 2. The third kappa shape index (κ3) is 3.99. The van der Waals surface area contributed by atoms with Crippen LogP contribution in [0.25, 0.3) is 0 Å². The fourth-order valence-electron chi connectivity index (χ4n) is 3.18. The van der Waals surface area contributed by atoms with Gasteiger partial charge >= 0.3 is 0 Å². The summed E-state index contributed by atoms with van der Waals surface area (Å²) in [6.07, 6.45) is 10.1. The van der Waals surface area contributed by atoms with Crippen LogP contribution >= 0.6 is 0 Å². The van der Waals surface area contributed by atoms with E-state index in [-0.39, 0.29) is 0 Å². The molecule has 3 heteroatoms. The fourth-order valence-corrected chi connectivity index (χ4v) is 3.18. The largest absolute Gasteiger partial charge is 0.353 e. The quantitative estimate of drug-likeness (QED) is 0.845. The maximum atomic E-state index is 4.68. The molecule has 0 spiro atoms. The Bertz CT molecular complexity index is 389. The second-order valence-electron chi connectivity index (χ2n) is 6.57. The topological polar surface area (TPSA) is 29.9 Å². The van der Waals surface area contributed by atoms with Crippen LogP contribution in [-0.2, 0) is 0 Å². The Hall–Kier alpha value is -0.990. The lowest BCUT2D eigenvalue weighted by Crippen LogP contribution is -2.25. The normalized spacial score (nSPS) is 18.8. The van der Waals surface area contributed by atoms with Crippen LogP contribution in [0.5, 0.6) is 0 Å². The van der Waals surface area contributed by atoms with Crippen molar-refractivity contribution in [3.05, 3.63) is 11.9 Å². The molecule has 1 atom stereocenters. The predicted octanol–water partition coefficient (Wildman–Crippen LogP) is 4.54. The smallest absolute Gasteiger partial charge is 0.203 e. The average Bonchev–Trinajstić information content (AvgIpc) is 2.71. The van der Waals surface area contributed by atoms with Gasteiger partial charge in [-0.3, -0.25) is 0 Å². The molecule has 1 aromatic rings. The van der Waals surface area contributed by atoms with Gasteiger partial charge in [0.15, 0.2) is 0 Å². The van der Waals surface area contributed by atoms with Crippen molar-refractivity contribution in [2.24, 2.45) is 5.92 Å². The second-order valence-corrected chi connectivity index (χ2v) is 6.57. The first kappa shape index (κ1) is 14.4. The average molecular weight is 263 g/mol. The second kappa shape index (κ2) is 6.44. The molecule has 0 aliphatic heterocycles. The van der Waals surface area contributed by atoms with Crippen LogP contribution in [-0.4, -0.2) is 15.6 Å². The van der Waals surface area contributed by atoms with Crippen molar-refractivity contribution in [2.75, 3.05) is 5.32 Å². The molecular formula is C16H29N3. The van der Waals surface area contributed by atoms with Gasteiger partial charge in [0, 0.05) is 18.3 Å². The van der Waals surface area contributed by atoms with Crippen LogP contribution in [0.15, 0.2) is 6.20 Å². The first-order valence-corrected chi connectivity index (χ1v) is 7.88. The molecule has 1 saturated carbocycles. The molecule has 1 aliphatic rings. The highest BCUT2D eigenvalue weighted by Crippen LogP contribution is 2.25. The Kier molecular flexibility index (Phi) is 4.89. The number of aromatic nitrogens is 2. The molecule has 2 rings (SSSR count). The third-order valence-electron chi connectivity index (χ3n) is 4.08. The van der Waals surface area contributed by atoms with Crippen LogP contribution in [0.1, 0.15) is 71.0 Å². The van der Waals surface area contributed by atoms with Crippen LogP contribution in [0.4, 0.5) is 5.95 Å². The first-order valence-electron chi connectivity index (χ1n) is 7.88. The first-order chi connectivity index (χ1) is 9.06. The summed E-state index contributed by atoms with van der Waals surface area (Å²) in [4.78, 5) is 4.68. The van der Waals surface area contributed by atoms with E-state index in [9.17, 15) is 0 Å². The predicted molar refractivity (Wildman–Crippen MR) is 81.6 cm³/mol. The Morgan fingerprint density at radius 1 is 1.26 bits per heavy atom. The summed E-state index contributed by atoms with van der Waals surface area (Å²) in [5.41, 5.74) is 1.12. The van der Waals surface area contributed by atoms with Crippen LogP contribution in [0.3, 0.4) is 0 Å². The highest BCUT2D eigenvalue weighted by atomic mass is 15.2. The molecule has 0 amide bonds. The molecule has 1 fully saturated rings. The highest BCUT2D eigenvalue weighted by molar-refractivity contribution is 5.31. The molecule has 1 heterocycles. The van der Waals surface area contributed by atoms with Gasteiger partial charge in [0.25, 0.3) is 0 Å². The molecule has 19 heavy (non-hydrogen) atoms. The molecule has 1 N–H and O–H groups in total. The Balaban J connectivity index is 2.06. The standard InChI is InChI=1S/C16H29N3/c1-12(2)10-14(4)19-11-13(3)17-16(19)18-15-8-6-5-7-9-15/h11-12,14-15H,5-10H2,1-4H3,(H,17,18). The molecule has 0 bridgehead atoms. The van der Waals surface area contributed by atoms with Crippen molar-refractivity contribution < 1.29 is 0 Å². The molecular weight excluding hydrogens is 234 g/mol. The summed E-state index contributed by atoms with van der Waals surface area (Å²) < 4.78 is 2.34. The maximum absolute atomic E-state index is 4.68. The number of aryl methyl sites for hydroxylation is 1. The lowest BCUT2D eigenvalue weighted by atomic mass is 9.96. The van der Waals surface area contributed by atoms with E-state index in [2.05, 4.69) is 48.8 Å². The minimum absolute atomic E-state index is 0.521. The Morgan fingerprint density at radius 3 is 2.58 bits per heavy atom. The zero-order chi connectivity index (χ0) is 13.8. The zero-order valence-electron chi connectivity index (χ0n) is 12.9. The molecule has 0 aromatic carbocycles. The Morgan fingerprint density at radius 2 is 1.95 bits per heavy atom. The van der Waals surface area contributed by atoms with Crippen molar-refractivity contribution in [2.45, 2.75) is 78.3 Å². The number of hydrogen-bond acceptors (Lipinski definition) is 2. The summed E-state index contributed by atoms with van der Waals surface area (Å²) in [6, 6.07) is 1.15. The van der Waals surface area contributed by atoms with E-state index in [0.29, 0.717) is 12.1 Å². The molecule has 1 aliphatic carbocycles. The molecule has 0 radical (unpaired) electrons. The van der Waals surface area contributed by atoms with Gasteiger partial charge in [0.05, 0.1) is 5.69 Å². The summed E-state index contributed by atoms with van der Waals surface area (Å²) >= 11 is 0. The van der Waals surface area contributed by atoms with E-state index in [4.69, 9.17) is 0 Å². The van der Waals surface area contributed by atoms with Gasteiger partial charge in [0.1, 0.15) is 0 Å². The van der Waals surface area contributed by atoms with Crippen molar-refractivity contribution in [3.8, 4) is 0 Å². The highest BCUT2D eigenvalue weighted by Gasteiger charge is 2.18. The van der Waals surface area contributed by atoms with Gasteiger partial charge in [-0.25, -0.2) is 4.98 Å². The van der Waals surface area contributed by atoms with Crippen molar-refractivity contribution in [1.82, 2.24) is 9.55 Å². The molecule has 1 aromatic heterocycles. The monoisotopic (exact) mass is 263 g/mol.